The molecule has 0 heterocycles. The van der Waals surface area contributed by atoms with E-state index in [1.165, 1.54) is 4.90 Å². The first-order valence-electron chi connectivity index (χ1n) is 6.62. The first-order chi connectivity index (χ1) is 9.07. The average Bonchev–Trinajstić information content (AvgIpc) is 2.93. The van der Waals surface area contributed by atoms with Crippen LogP contribution in [0.4, 0.5) is 0 Å². The first-order valence-corrected chi connectivity index (χ1v) is 7.50. The van der Waals surface area contributed by atoms with Gasteiger partial charge in [-0.3, -0.25) is 4.79 Å². The summed E-state index contributed by atoms with van der Waals surface area (Å²) in [6, 6.07) is 10.2. The third kappa shape index (κ3) is 3.21. The summed E-state index contributed by atoms with van der Waals surface area (Å²) in [6.07, 6.45) is 2.14. The van der Waals surface area contributed by atoms with E-state index >= 15 is 0 Å². The number of allylic oxidation sites excluding steroid dienone is 1. The van der Waals surface area contributed by atoms with E-state index in [9.17, 15) is 4.79 Å². The summed E-state index contributed by atoms with van der Waals surface area (Å²) in [5.41, 5.74) is 0.0278. The molecular weight excluding hydrogens is 256 g/mol. The number of hydrogen-bond acceptors (Lipinski definition) is 3. The molecule has 1 fully saturated rings. The highest BCUT2D eigenvalue weighted by Crippen LogP contribution is 2.59. The Balaban J connectivity index is 1.91. The molecule has 102 valence electrons. The van der Waals surface area contributed by atoms with E-state index in [2.05, 4.69) is 37.5 Å². The lowest BCUT2D eigenvalue weighted by molar-refractivity contribution is -0.145. The van der Waals surface area contributed by atoms with Crippen LogP contribution < -0.4 is 0 Å². The van der Waals surface area contributed by atoms with Crippen molar-refractivity contribution >= 4 is 17.7 Å². The molecule has 0 bridgehead atoms. The number of carbonyl (C=O) groups is 1. The summed E-state index contributed by atoms with van der Waals surface area (Å²) >= 11 is 1.68. The Labute approximate surface area is 119 Å². The topological polar surface area (TPSA) is 26.3 Å². The predicted octanol–water partition coefficient (Wildman–Crippen LogP) is 4.13. The van der Waals surface area contributed by atoms with Crippen molar-refractivity contribution in [3.05, 3.63) is 41.8 Å². The van der Waals surface area contributed by atoms with Crippen LogP contribution in [0.3, 0.4) is 0 Å². The molecule has 19 heavy (non-hydrogen) atoms. The number of ether oxygens (including phenoxy) is 1. The normalized spacial score (nSPS) is 24.4. The van der Waals surface area contributed by atoms with Crippen molar-refractivity contribution in [2.75, 3.05) is 6.61 Å². The molecule has 0 spiro atoms. The van der Waals surface area contributed by atoms with Crippen molar-refractivity contribution in [3.63, 3.8) is 0 Å². The Kier molecular flexibility index (Phi) is 4.35. The van der Waals surface area contributed by atoms with Gasteiger partial charge in [-0.05, 0) is 35.8 Å². The lowest BCUT2D eigenvalue weighted by Crippen LogP contribution is -2.10. The second kappa shape index (κ2) is 5.83. The van der Waals surface area contributed by atoms with E-state index < -0.39 is 0 Å². The smallest absolute Gasteiger partial charge is 0.310 e. The van der Waals surface area contributed by atoms with Crippen molar-refractivity contribution in [1.82, 2.24) is 0 Å². The Hall–Kier alpha value is -1.22. The molecule has 0 aromatic heterocycles. The average molecular weight is 276 g/mol. The summed E-state index contributed by atoms with van der Waals surface area (Å²) in [5, 5.41) is 2.08. The zero-order chi connectivity index (χ0) is 13.9. The Morgan fingerprint density at radius 3 is 2.68 bits per heavy atom. The largest absolute Gasteiger partial charge is 0.466 e. The zero-order valence-electron chi connectivity index (χ0n) is 11.6. The van der Waals surface area contributed by atoms with E-state index in [1.807, 2.05) is 25.1 Å². The maximum absolute atomic E-state index is 11.8. The molecule has 2 nitrogen and oxygen atoms in total. The third-order valence-corrected chi connectivity index (χ3v) is 4.52. The number of benzene rings is 1. The molecule has 0 saturated heterocycles. The number of rotatable bonds is 5. The van der Waals surface area contributed by atoms with Crippen LogP contribution in [0.1, 0.15) is 20.8 Å². The summed E-state index contributed by atoms with van der Waals surface area (Å²) < 4.78 is 5.12. The van der Waals surface area contributed by atoms with Crippen molar-refractivity contribution < 1.29 is 9.53 Å². The van der Waals surface area contributed by atoms with Crippen molar-refractivity contribution in [2.45, 2.75) is 25.7 Å². The van der Waals surface area contributed by atoms with E-state index in [0.29, 0.717) is 12.5 Å². The van der Waals surface area contributed by atoms with E-state index in [4.69, 9.17) is 4.74 Å². The lowest BCUT2D eigenvalue weighted by atomic mass is 10.1. The Bertz CT molecular complexity index is 465. The molecule has 2 atom stereocenters. The van der Waals surface area contributed by atoms with Crippen molar-refractivity contribution in [2.24, 2.45) is 17.3 Å². The van der Waals surface area contributed by atoms with E-state index in [0.717, 1.165) is 0 Å². The van der Waals surface area contributed by atoms with Crippen LogP contribution in [0.25, 0.3) is 0 Å². The summed E-state index contributed by atoms with van der Waals surface area (Å²) in [6.45, 7) is 6.55. The Morgan fingerprint density at radius 1 is 1.37 bits per heavy atom. The van der Waals surface area contributed by atoms with Crippen LogP contribution in [-0.2, 0) is 9.53 Å². The van der Waals surface area contributed by atoms with Gasteiger partial charge in [-0.25, -0.2) is 0 Å². The molecule has 0 N–H and O–H groups in total. The van der Waals surface area contributed by atoms with E-state index in [-0.39, 0.29) is 17.3 Å². The minimum absolute atomic E-state index is 0.0140. The molecule has 0 unspecified atom stereocenters. The maximum atomic E-state index is 11.8. The molecule has 1 saturated carbocycles. The summed E-state index contributed by atoms with van der Waals surface area (Å²) in [4.78, 5) is 13.0. The molecular formula is C16H20O2S. The SMILES string of the molecule is CCOC(=O)[C@@H]1[C@H](C=CSc2ccccc2)C1(C)C. The van der Waals surface area contributed by atoms with Crippen molar-refractivity contribution in [1.29, 1.82) is 0 Å². The van der Waals surface area contributed by atoms with E-state index in [1.54, 1.807) is 11.8 Å². The van der Waals surface area contributed by atoms with Crippen molar-refractivity contribution in [3.8, 4) is 0 Å². The highest BCUT2D eigenvalue weighted by atomic mass is 32.2. The molecule has 0 radical (unpaired) electrons. The summed E-state index contributed by atoms with van der Waals surface area (Å²) in [7, 11) is 0. The second-order valence-corrected chi connectivity index (χ2v) is 6.32. The van der Waals surface area contributed by atoms with Gasteiger partial charge >= 0.3 is 5.97 Å². The van der Waals surface area contributed by atoms with Crippen LogP contribution in [0.5, 0.6) is 0 Å². The van der Waals surface area contributed by atoms with Gasteiger partial charge in [0.05, 0.1) is 12.5 Å². The minimum atomic E-state index is -0.0631. The van der Waals surface area contributed by atoms with Crippen LogP contribution in [-0.4, -0.2) is 12.6 Å². The number of hydrogen-bond donors (Lipinski definition) is 0. The van der Waals surface area contributed by atoms with Gasteiger partial charge in [-0.15, -0.1) is 0 Å². The predicted molar refractivity (Wildman–Crippen MR) is 78.8 cm³/mol. The fourth-order valence-corrected chi connectivity index (χ4v) is 3.14. The molecule has 1 aliphatic carbocycles. The van der Waals surface area contributed by atoms with Crippen LogP contribution >= 0.6 is 11.8 Å². The standard InChI is InChI=1S/C16H20O2S/c1-4-18-15(17)14-13(16(14,2)3)10-11-19-12-8-6-5-7-9-12/h5-11,13-14H,4H2,1-3H3/t13-,14-/m0/s1. The highest BCUT2D eigenvalue weighted by Gasteiger charge is 2.61. The van der Waals surface area contributed by atoms with Gasteiger partial charge in [-0.2, -0.15) is 0 Å². The monoisotopic (exact) mass is 276 g/mol. The number of carbonyl (C=O) groups excluding carboxylic acids is 1. The van der Waals surface area contributed by atoms with Gasteiger partial charge < -0.3 is 4.74 Å². The fourth-order valence-electron chi connectivity index (χ4n) is 2.42. The molecule has 1 aliphatic rings. The molecule has 1 aromatic rings. The van der Waals surface area contributed by atoms with Gasteiger partial charge in [0.25, 0.3) is 0 Å². The maximum Gasteiger partial charge on any atom is 0.310 e. The molecule has 3 heteroatoms. The molecule has 0 amide bonds. The van der Waals surface area contributed by atoms with Gasteiger partial charge in [0, 0.05) is 4.90 Å². The lowest BCUT2D eigenvalue weighted by Gasteiger charge is -2.01. The number of thioether (sulfide) groups is 1. The zero-order valence-corrected chi connectivity index (χ0v) is 12.4. The highest BCUT2D eigenvalue weighted by molar-refractivity contribution is 8.02. The first kappa shape index (κ1) is 14.2. The van der Waals surface area contributed by atoms with Gasteiger partial charge in [0.1, 0.15) is 0 Å². The third-order valence-electron chi connectivity index (χ3n) is 3.68. The molecule has 1 aromatic carbocycles. The fraction of sp³-hybridized carbons (Fsp3) is 0.438. The second-order valence-electron chi connectivity index (χ2n) is 5.34. The van der Waals surface area contributed by atoms with Gasteiger partial charge in [0.15, 0.2) is 0 Å². The van der Waals surface area contributed by atoms with Gasteiger partial charge in [-0.1, -0.05) is 49.9 Å². The van der Waals surface area contributed by atoms with Crippen LogP contribution in [0.15, 0.2) is 46.7 Å². The number of esters is 1. The van der Waals surface area contributed by atoms with Crippen LogP contribution in [0, 0.1) is 17.3 Å². The Morgan fingerprint density at radius 2 is 2.05 bits per heavy atom. The van der Waals surface area contributed by atoms with Crippen LogP contribution in [0.2, 0.25) is 0 Å². The molecule has 2 rings (SSSR count). The quantitative estimate of drug-likeness (QED) is 0.597. The summed E-state index contributed by atoms with van der Waals surface area (Å²) in [5.74, 6) is 0.245. The molecule has 0 aliphatic heterocycles. The minimum Gasteiger partial charge on any atom is -0.466 e. The van der Waals surface area contributed by atoms with Gasteiger partial charge in [0.2, 0.25) is 0 Å².